The van der Waals surface area contributed by atoms with E-state index < -0.39 is 23.2 Å². The monoisotopic (exact) mass is 196 g/mol. The Labute approximate surface area is 82.8 Å². The van der Waals surface area contributed by atoms with E-state index in [0.29, 0.717) is 12.8 Å². The minimum Gasteiger partial charge on any atom is -0.481 e. The lowest BCUT2D eigenvalue weighted by Gasteiger charge is -2.28. The third-order valence-corrected chi connectivity index (χ3v) is 3.05. The Morgan fingerprint density at radius 1 is 1.43 bits per heavy atom. The van der Waals surface area contributed by atoms with Crippen molar-refractivity contribution >= 4 is 11.9 Å². The van der Waals surface area contributed by atoms with Crippen LogP contribution in [0.5, 0.6) is 0 Å². The molecule has 0 aromatic carbocycles. The average Bonchev–Trinajstić information content (AvgIpc) is 2.54. The molecule has 14 heavy (non-hydrogen) atoms. The lowest BCUT2D eigenvalue weighted by molar-refractivity contribution is -0.149. The summed E-state index contributed by atoms with van der Waals surface area (Å²) in [4.78, 5) is 22.1. The van der Waals surface area contributed by atoms with Crippen LogP contribution in [-0.2, 0) is 9.59 Å². The maximum atomic E-state index is 11.2. The molecule has 0 bridgehead atoms. The molecule has 1 fully saturated rings. The molecule has 1 saturated carbocycles. The maximum Gasteiger partial charge on any atom is 0.311 e. The van der Waals surface area contributed by atoms with Crippen molar-refractivity contribution < 1.29 is 14.7 Å². The molecule has 1 atom stereocenters. The maximum absolute atomic E-state index is 11.2. The van der Waals surface area contributed by atoms with Crippen LogP contribution in [-0.4, -0.2) is 17.0 Å². The zero-order valence-electron chi connectivity index (χ0n) is 7.95. The SMILES string of the molecule is C=CC(C(=O)O)C1(C([NH])=O)CCCC1. The standard InChI is InChI=1S/C10H14NO3/c1-2-7(8(12)13)10(9(11)14)5-3-4-6-10/h2,7,11H,1,3-6H2,(H,12,13). The topological polar surface area (TPSA) is 78.2 Å². The van der Waals surface area contributed by atoms with Gasteiger partial charge in [-0.3, -0.25) is 15.3 Å². The molecular weight excluding hydrogens is 182 g/mol. The van der Waals surface area contributed by atoms with Gasteiger partial charge in [0, 0.05) is 0 Å². The minimum atomic E-state index is -1.05. The van der Waals surface area contributed by atoms with Crippen LogP contribution in [0.15, 0.2) is 12.7 Å². The molecular formula is C10H14NO3. The third-order valence-electron chi connectivity index (χ3n) is 3.05. The number of aliphatic carboxylic acids is 1. The molecule has 0 heterocycles. The van der Waals surface area contributed by atoms with Gasteiger partial charge in [0.05, 0.1) is 11.3 Å². The van der Waals surface area contributed by atoms with Gasteiger partial charge in [0.15, 0.2) is 0 Å². The fourth-order valence-electron chi connectivity index (χ4n) is 2.25. The van der Waals surface area contributed by atoms with Crippen molar-refractivity contribution in [1.82, 2.24) is 5.73 Å². The van der Waals surface area contributed by atoms with E-state index in [1.165, 1.54) is 6.08 Å². The summed E-state index contributed by atoms with van der Waals surface area (Å²) in [5.41, 5.74) is 6.19. The number of carbonyl (C=O) groups is 2. The summed E-state index contributed by atoms with van der Waals surface area (Å²) in [7, 11) is 0. The number of carboxylic acids is 1. The molecule has 77 valence electrons. The van der Waals surface area contributed by atoms with Crippen molar-refractivity contribution in [2.75, 3.05) is 0 Å². The first-order valence-corrected chi connectivity index (χ1v) is 4.66. The largest absolute Gasteiger partial charge is 0.481 e. The fourth-order valence-corrected chi connectivity index (χ4v) is 2.25. The van der Waals surface area contributed by atoms with Gasteiger partial charge in [-0.1, -0.05) is 18.9 Å². The van der Waals surface area contributed by atoms with Crippen LogP contribution in [0.4, 0.5) is 0 Å². The second kappa shape index (κ2) is 3.82. The highest BCUT2D eigenvalue weighted by atomic mass is 16.4. The van der Waals surface area contributed by atoms with Crippen molar-refractivity contribution in [3.8, 4) is 0 Å². The molecule has 0 saturated heterocycles. The number of hydrogen-bond donors (Lipinski definition) is 1. The van der Waals surface area contributed by atoms with Crippen LogP contribution < -0.4 is 5.73 Å². The van der Waals surface area contributed by atoms with E-state index in [0.717, 1.165) is 12.8 Å². The number of carboxylic acid groups (broad SMARTS) is 1. The number of nitrogens with one attached hydrogen (secondary N) is 1. The molecule has 1 rings (SSSR count). The van der Waals surface area contributed by atoms with Crippen molar-refractivity contribution in [1.29, 1.82) is 0 Å². The van der Waals surface area contributed by atoms with E-state index in [-0.39, 0.29) is 0 Å². The molecule has 2 N–H and O–H groups in total. The number of rotatable bonds is 4. The van der Waals surface area contributed by atoms with Crippen molar-refractivity contribution in [2.24, 2.45) is 11.3 Å². The zero-order chi connectivity index (χ0) is 10.8. The lowest BCUT2D eigenvalue weighted by Crippen LogP contribution is -2.40. The molecule has 0 aromatic rings. The van der Waals surface area contributed by atoms with Gasteiger partial charge >= 0.3 is 5.97 Å². The highest BCUT2D eigenvalue weighted by molar-refractivity contribution is 5.88. The molecule has 1 aliphatic carbocycles. The Morgan fingerprint density at radius 2 is 1.93 bits per heavy atom. The molecule has 1 aliphatic rings. The predicted octanol–water partition coefficient (Wildman–Crippen LogP) is 1.24. The van der Waals surface area contributed by atoms with Crippen LogP contribution in [0.1, 0.15) is 25.7 Å². The fraction of sp³-hybridized carbons (Fsp3) is 0.600. The Kier molecular flexibility index (Phi) is 2.93. The molecule has 4 nitrogen and oxygen atoms in total. The van der Waals surface area contributed by atoms with Gasteiger partial charge < -0.3 is 5.11 Å². The predicted molar refractivity (Wildman–Crippen MR) is 50.3 cm³/mol. The molecule has 4 heteroatoms. The van der Waals surface area contributed by atoms with E-state index in [2.05, 4.69) is 6.58 Å². The summed E-state index contributed by atoms with van der Waals surface area (Å²) in [6, 6.07) is 0. The molecule has 0 aliphatic heterocycles. The normalized spacial score (nSPS) is 21.4. The van der Waals surface area contributed by atoms with Gasteiger partial charge in [0.25, 0.3) is 0 Å². The zero-order valence-corrected chi connectivity index (χ0v) is 7.95. The summed E-state index contributed by atoms with van der Waals surface area (Å²) in [6.45, 7) is 3.44. The summed E-state index contributed by atoms with van der Waals surface area (Å²) >= 11 is 0. The average molecular weight is 196 g/mol. The minimum absolute atomic E-state index is 0.498. The van der Waals surface area contributed by atoms with Crippen LogP contribution >= 0.6 is 0 Å². The van der Waals surface area contributed by atoms with E-state index >= 15 is 0 Å². The first-order chi connectivity index (χ1) is 6.54. The Balaban J connectivity index is 3.02. The summed E-state index contributed by atoms with van der Waals surface area (Å²) in [6.07, 6.45) is 3.92. The summed E-state index contributed by atoms with van der Waals surface area (Å²) < 4.78 is 0. The van der Waals surface area contributed by atoms with Crippen LogP contribution in [0.2, 0.25) is 0 Å². The van der Waals surface area contributed by atoms with Gasteiger partial charge in [0.1, 0.15) is 0 Å². The van der Waals surface area contributed by atoms with Gasteiger partial charge in [-0.25, -0.2) is 0 Å². The molecule has 0 aromatic heterocycles. The Hall–Kier alpha value is -1.32. The first-order valence-electron chi connectivity index (χ1n) is 4.66. The number of amides is 1. The van der Waals surface area contributed by atoms with Gasteiger partial charge in [0.2, 0.25) is 5.91 Å². The van der Waals surface area contributed by atoms with Gasteiger partial charge in [-0.15, -0.1) is 6.58 Å². The Morgan fingerprint density at radius 3 is 2.21 bits per heavy atom. The quantitative estimate of drug-likeness (QED) is 0.687. The lowest BCUT2D eigenvalue weighted by atomic mass is 9.73. The highest BCUT2D eigenvalue weighted by Gasteiger charge is 2.48. The van der Waals surface area contributed by atoms with E-state index in [4.69, 9.17) is 10.8 Å². The van der Waals surface area contributed by atoms with Gasteiger partial charge in [-0.05, 0) is 12.8 Å². The van der Waals surface area contributed by atoms with E-state index in [9.17, 15) is 9.59 Å². The number of hydrogen-bond acceptors (Lipinski definition) is 2. The van der Waals surface area contributed by atoms with Crippen LogP contribution in [0.3, 0.4) is 0 Å². The Bertz CT molecular complexity index is 267. The first kappa shape index (κ1) is 10.8. The van der Waals surface area contributed by atoms with Crippen molar-refractivity contribution in [3.05, 3.63) is 12.7 Å². The molecule has 1 radical (unpaired) electrons. The molecule has 0 spiro atoms. The summed E-state index contributed by atoms with van der Waals surface area (Å²) in [5, 5.41) is 8.94. The smallest absolute Gasteiger partial charge is 0.311 e. The van der Waals surface area contributed by atoms with E-state index in [1.54, 1.807) is 0 Å². The number of carbonyl (C=O) groups excluding carboxylic acids is 1. The molecule has 1 amide bonds. The van der Waals surface area contributed by atoms with Crippen molar-refractivity contribution in [2.45, 2.75) is 25.7 Å². The van der Waals surface area contributed by atoms with Gasteiger partial charge in [-0.2, -0.15) is 0 Å². The van der Waals surface area contributed by atoms with E-state index in [1.807, 2.05) is 0 Å². The molecule has 1 unspecified atom stereocenters. The summed E-state index contributed by atoms with van der Waals surface area (Å²) in [5.74, 6) is -2.72. The second-order valence-corrected chi connectivity index (χ2v) is 3.74. The third kappa shape index (κ3) is 1.52. The highest BCUT2D eigenvalue weighted by Crippen LogP contribution is 2.45. The van der Waals surface area contributed by atoms with Crippen molar-refractivity contribution in [3.63, 3.8) is 0 Å². The van der Waals surface area contributed by atoms with Crippen LogP contribution in [0.25, 0.3) is 0 Å². The van der Waals surface area contributed by atoms with Crippen LogP contribution in [0, 0.1) is 11.3 Å². The second-order valence-electron chi connectivity index (χ2n) is 3.74.